The van der Waals surface area contributed by atoms with Crippen LogP contribution in [0, 0.1) is 19.8 Å². The first-order valence-electron chi connectivity index (χ1n) is 8.67. The Morgan fingerprint density at radius 3 is 2.48 bits per heavy atom. The van der Waals surface area contributed by atoms with Crippen molar-refractivity contribution >= 4 is 23.5 Å². The van der Waals surface area contributed by atoms with Crippen molar-refractivity contribution in [1.82, 2.24) is 14.7 Å². The first-order chi connectivity index (χ1) is 12.8. The van der Waals surface area contributed by atoms with Gasteiger partial charge in [-0.3, -0.25) is 14.3 Å². The van der Waals surface area contributed by atoms with Gasteiger partial charge in [-0.05, 0) is 31.5 Å². The molecule has 0 radical (unpaired) electrons. The van der Waals surface area contributed by atoms with Crippen LogP contribution in [0.4, 0.5) is 0 Å². The minimum absolute atomic E-state index is 0.146. The number of aliphatic carboxylic acids is 1. The van der Waals surface area contributed by atoms with E-state index in [2.05, 4.69) is 5.10 Å². The van der Waals surface area contributed by atoms with E-state index in [-0.39, 0.29) is 25.0 Å². The monoisotopic (exact) mass is 391 g/mol. The van der Waals surface area contributed by atoms with Crippen molar-refractivity contribution < 1.29 is 19.4 Å². The van der Waals surface area contributed by atoms with Crippen molar-refractivity contribution in [3.05, 3.63) is 46.2 Å². The zero-order valence-corrected chi connectivity index (χ0v) is 16.2. The summed E-state index contributed by atoms with van der Waals surface area (Å²) in [4.78, 5) is 25.8. The van der Waals surface area contributed by atoms with Crippen LogP contribution in [0.3, 0.4) is 0 Å². The van der Waals surface area contributed by atoms with Gasteiger partial charge in [0.2, 0.25) is 0 Å². The molecule has 7 nitrogen and oxygen atoms in total. The van der Waals surface area contributed by atoms with Crippen LogP contribution in [0.5, 0.6) is 5.75 Å². The van der Waals surface area contributed by atoms with E-state index in [1.54, 1.807) is 21.7 Å². The van der Waals surface area contributed by atoms with Gasteiger partial charge in [-0.1, -0.05) is 23.7 Å². The van der Waals surface area contributed by atoms with E-state index in [4.69, 9.17) is 16.3 Å². The maximum absolute atomic E-state index is 12.6. The molecule has 2 heterocycles. The van der Waals surface area contributed by atoms with Crippen LogP contribution in [0.2, 0.25) is 5.02 Å². The number of carbonyl (C=O) groups excluding carboxylic acids is 1. The minimum Gasteiger partial charge on any atom is -0.481 e. The molecule has 2 atom stereocenters. The first kappa shape index (κ1) is 19.2. The predicted molar refractivity (Wildman–Crippen MR) is 100 cm³/mol. The maximum atomic E-state index is 12.6. The lowest BCUT2D eigenvalue weighted by Crippen LogP contribution is -2.34. The molecule has 0 aliphatic carbocycles. The molecular weight excluding hydrogens is 370 g/mol. The third kappa shape index (κ3) is 3.93. The lowest BCUT2D eigenvalue weighted by molar-refractivity contribution is -0.142. The van der Waals surface area contributed by atoms with Crippen LogP contribution in [0.15, 0.2) is 24.3 Å². The van der Waals surface area contributed by atoms with Gasteiger partial charge in [0, 0.05) is 31.1 Å². The molecule has 1 saturated heterocycles. The number of aromatic nitrogens is 2. The Morgan fingerprint density at radius 2 is 1.93 bits per heavy atom. The van der Waals surface area contributed by atoms with Crippen LogP contribution in [-0.2, 0) is 16.6 Å². The number of nitrogens with zero attached hydrogens (tertiary/aromatic N) is 3. The van der Waals surface area contributed by atoms with Gasteiger partial charge in [0.1, 0.15) is 5.69 Å². The summed E-state index contributed by atoms with van der Waals surface area (Å²) in [6.45, 7) is 4.04. The fourth-order valence-electron chi connectivity index (χ4n) is 3.49. The molecule has 27 heavy (non-hydrogen) atoms. The lowest BCUT2D eigenvalue weighted by atomic mass is 9.89. The average Bonchev–Trinajstić information content (AvgIpc) is 3.16. The molecule has 1 aliphatic rings. The standard InChI is InChI=1S/C19H22ClN3O4/c1-11-18(12(2)22(3)21-11)27-10-17(24)23-8-15(16(9-23)19(25)26)13-4-6-14(20)7-5-13/h4-7,15-16H,8-10H2,1-3H3,(H,25,26)/t15-,16+/m0/s1. The van der Waals surface area contributed by atoms with Crippen molar-refractivity contribution in [2.24, 2.45) is 13.0 Å². The van der Waals surface area contributed by atoms with Crippen LogP contribution in [-0.4, -0.2) is 51.4 Å². The van der Waals surface area contributed by atoms with Gasteiger partial charge in [0.25, 0.3) is 5.91 Å². The quantitative estimate of drug-likeness (QED) is 0.845. The molecule has 1 aromatic heterocycles. The van der Waals surface area contributed by atoms with Crippen LogP contribution in [0.25, 0.3) is 0 Å². The van der Waals surface area contributed by atoms with Crippen molar-refractivity contribution in [2.75, 3.05) is 19.7 Å². The molecule has 1 N–H and O–H groups in total. The van der Waals surface area contributed by atoms with Crippen LogP contribution in [0.1, 0.15) is 22.9 Å². The molecule has 3 rings (SSSR count). The highest BCUT2D eigenvalue weighted by Crippen LogP contribution is 2.33. The van der Waals surface area contributed by atoms with Gasteiger partial charge in [0.05, 0.1) is 11.6 Å². The van der Waals surface area contributed by atoms with Gasteiger partial charge in [-0.2, -0.15) is 5.10 Å². The zero-order chi connectivity index (χ0) is 19.7. The van der Waals surface area contributed by atoms with E-state index in [1.807, 2.05) is 33.0 Å². The molecule has 1 fully saturated rings. The molecule has 0 bridgehead atoms. The smallest absolute Gasteiger partial charge is 0.308 e. The van der Waals surface area contributed by atoms with Gasteiger partial charge in [0.15, 0.2) is 12.4 Å². The third-order valence-corrected chi connectivity index (χ3v) is 5.32. The Kier molecular flexibility index (Phi) is 5.41. The summed E-state index contributed by atoms with van der Waals surface area (Å²) in [5.74, 6) is -1.48. The highest BCUT2D eigenvalue weighted by molar-refractivity contribution is 6.30. The summed E-state index contributed by atoms with van der Waals surface area (Å²) in [5, 5.41) is 14.4. The molecule has 1 amide bonds. The number of carbonyl (C=O) groups is 2. The number of carboxylic acid groups (broad SMARTS) is 1. The van der Waals surface area contributed by atoms with Gasteiger partial charge < -0.3 is 14.7 Å². The molecule has 0 saturated carbocycles. The van der Waals surface area contributed by atoms with Gasteiger partial charge in [-0.15, -0.1) is 0 Å². The largest absolute Gasteiger partial charge is 0.481 e. The zero-order valence-electron chi connectivity index (χ0n) is 15.5. The SMILES string of the molecule is Cc1nn(C)c(C)c1OCC(=O)N1C[C@@H](C(=O)O)[C@H](c2ccc(Cl)cc2)C1. The number of rotatable bonds is 5. The Labute approximate surface area is 162 Å². The average molecular weight is 392 g/mol. The molecule has 0 spiro atoms. The molecule has 2 aromatic rings. The number of likely N-dealkylation sites (tertiary alicyclic amines) is 1. The number of hydrogen-bond acceptors (Lipinski definition) is 4. The van der Waals surface area contributed by atoms with Crippen molar-refractivity contribution in [3.63, 3.8) is 0 Å². The van der Waals surface area contributed by atoms with E-state index in [9.17, 15) is 14.7 Å². The van der Waals surface area contributed by atoms with Gasteiger partial charge >= 0.3 is 5.97 Å². The number of ether oxygens (including phenoxy) is 1. The van der Waals surface area contributed by atoms with Crippen LogP contribution >= 0.6 is 11.6 Å². The summed E-state index contributed by atoms with van der Waals surface area (Å²) in [6.07, 6.45) is 0. The summed E-state index contributed by atoms with van der Waals surface area (Å²) in [6, 6.07) is 7.10. The summed E-state index contributed by atoms with van der Waals surface area (Å²) in [5.41, 5.74) is 2.41. The van der Waals surface area contributed by atoms with E-state index in [0.717, 1.165) is 11.3 Å². The summed E-state index contributed by atoms with van der Waals surface area (Å²) in [7, 11) is 1.81. The minimum atomic E-state index is -0.912. The Bertz CT molecular complexity index is 863. The number of hydrogen-bond donors (Lipinski definition) is 1. The highest BCUT2D eigenvalue weighted by Gasteiger charge is 2.40. The summed E-state index contributed by atoms with van der Waals surface area (Å²) < 4.78 is 7.37. The Balaban J connectivity index is 1.70. The second-order valence-corrected chi connectivity index (χ2v) is 7.25. The van der Waals surface area contributed by atoms with E-state index < -0.39 is 11.9 Å². The third-order valence-electron chi connectivity index (χ3n) is 5.07. The first-order valence-corrected chi connectivity index (χ1v) is 9.04. The molecule has 1 aromatic carbocycles. The number of halogens is 1. The van der Waals surface area contributed by atoms with E-state index >= 15 is 0 Å². The second kappa shape index (κ2) is 7.60. The van der Waals surface area contributed by atoms with E-state index in [0.29, 0.717) is 23.0 Å². The lowest BCUT2D eigenvalue weighted by Gasteiger charge is -2.17. The molecule has 0 unspecified atom stereocenters. The number of benzene rings is 1. The highest BCUT2D eigenvalue weighted by atomic mass is 35.5. The van der Waals surface area contributed by atoms with Gasteiger partial charge in [-0.25, -0.2) is 0 Å². The summed E-state index contributed by atoms with van der Waals surface area (Å²) >= 11 is 5.92. The normalized spacial score (nSPS) is 19.3. The number of aryl methyl sites for hydroxylation is 2. The van der Waals surface area contributed by atoms with Crippen LogP contribution < -0.4 is 4.74 Å². The van der Waals surface area contributed by atoms with Crippen molar-refractivity contribution in [2.45, 2.75) is 19.8 Å². The second-order valence-electron chi connectivity index (χ2n) is 6.81. The number of carboxylic acids is 1. The van der Waals surface area contributed by atoms with E-state index in [1.165, 1.54) is 0 Å². The van der Waals surface area contributed by atoms with Crippen molar-refractivity contribution in [1.29, 1.82) is 0 Å². The molecular formula is C19H22ClN3O4. The Hall–Kier alpha value is -2.54. The maximum Gasteiger partial charge on any atom is 0.308 e. The van der Waals surface area contributed by atoms with Crippen molar-refractivity contribution in [3.8, 4) is 5.75 Å². The topological polar surface area (TPSA) is 84.7 Å². The molecule has 144 valence electrons. The molecule has 1 aliphatic heterocycles. The predicted octanol–water partition coefficient (Wildman–Crippen LogP) is 2.40. The number of amides is 1. The fraction of sp³-hybridized carbons (Fsp3) is 0.421. The molecule has 8 heteroatoms. The fourth-order valence-corrected chi connectivity index (χ4v) is 3.62. The Morgan fingerprint density at radius 1 is 1.26 bits per heavy atom.